The molecule has 0 fully saturated rings. The van der Waals surface area contributed by atoms with Gasteiger partial charge in [-0.2, -0.15) is 0 Å². The highest BCUT2D eigenvalue weighted by Crippen LogP contribution is 2.34. The van der Waals surface area contributed by atoms with E-state index in [1.165, 1.54) is 6.21 Å². The summed E-state index contributed by atoms with van der Waals surface area (Å²) in [5.41, 5.74) is 4.36. The van der Waals surface area contributed by atoms with Crippen LogP contribution in [0.1, 0.15) is 66.5 Å². The summed E-state index contributed by atoms with van der Waals surface area (Å²) in [6, 6.07) is 12.2. The number of ether oxygens (including phenoxy) is 1. The number of aromatic nitrogens is 1. The molecule has 0 saturated heterocycles. The molecule has 2 aromatic carbocycles. The van der Waals surface area contributed by atoms with E-state index in [0.29, 0.717) is 39.1 Å². The van der Waals surface area contributed by atoms with Crippen molar-refractivity contribution in [2.24, 2.45) is 0 Å². The zero-order valence-corrected chi connectivity index (χ0v) is 24.4. The van der Waals surface area contributed by atoms with Gasteiger partial charge >= 0.3 is 5.97 Å². The lowest BCUT2D eigenvalue weighted by atomic mass is 9.98. The number of halogens is 1. The van der Waals surface area contributed by atoms with Gasteiger partial charge < -0.3 is 25.2 Å². The number of fused-ring (bicyclic) bond motifs is 1. The van der Waals surface area contributed by atoms with E-state index in [-0.39, 0.29) is 16.3 Å². The molecule has 0 radical (unpaired) electrons. The zero-order valence-electron chi connectivity index (χ0n) is 23.7. The molecular weight excluding hydrogens is 528 g/mol. The average Bonchev–Trinajstić information content (AvgIpc) is 2.90. The minimum atomic E-state index is -0.711. The Labute approximate surface area is 238 Å². The molecule has 0 aliphatic rings. The summed E-state index contributed by atoms with van der Waals surface area (Å²) in [4.78, 5) is 30.7. The van der Waals surface area contributed by atoms with Gasteiger partial charge in [0, 0.05) is 41.2 Å². The van der Waals surface area contributed by atoms with Crippen molar-refractivity contribution in [3.8, 4) is 11.3 Å². The van der Waals surface area contributed by atoms with Crippen molar-refractivity contribution in [3.63, 3.8) is 0 Å². The van der Waals surface area contributed by atoms with E-state index >= 15 is 0 Å². The number of aryl methyl sites for hydroxylation is 1. The Morgan fingerprint density at radius 1 is 1.12 bits per heavy atom. The van der Waals surface area contributed by atoms with Crippen LogP contribution in [0.25, 0.3) is 22.3 Å². The summed E-state index contributed by atoms with van der Waals surface area (Å²) in [6.07, 6.45) is 1.26. The van der Waals surface area contributed by atoms with Crippen LogP contribution in [0, 0.1) is 19.3 Å². The van der Waals surface area contributed by atoms with E-state index in [2.05, 4.69) is 15.6 Å². The number of rotatable bonds is 7. The summed E-state index contributed by atoms with van der Waals surface area (Å²) in [5, 5.41) is 14.8. The van der Waals surface area contributed by atoms with Gasteiger partial charge in [-0.1, -0.05) is 17.7 Å². The van der Waals surface area contributed by atoms with Crippen LogP contribution in [-0.2, 0) is 4.74 Å². The molecule has 0 spiro atoms. The third-order valence-corrected chi connectivity index (χ3v) is 6.63. The van der Waals surface area contributed by atoms with Crippen LogP contribution in [0.3, 0.4) is 0 Å². The molecule has 0 saturated carbocycles. The second kappa shape index (κ2) is 11.1. The molecule has 0 bridgehead atoms. The molecule has 0 amide bonds. The molecule has 3 N–H and O–H groups in total. The lowest BCUT2D eigenvalue weighted by Gasteiger charge is -2.22. The molecule has 8 nitrogen and oxygen atoms in total. The van der Waals surface area contributed by atoms with Crippen LogP contribution in [0.4, 0.5) is 11.4 Å². The SMILES string of the molecule is CNc1ccc(-c2oc3c(C(C)Nc4ccc(Cl)nc4C(=O)OC(C)(C)C)cc(C)cc3c(=O)c2C)cc1C=N. The van der Waals surface area contributed by atoms with Crippen LogP contribution in [0.2, 0.25) is 5.15 Å². The molecule has 1 unspecified atom stereocenters. The van der Waals surface area contributed by atoms with Gasteiger partial charge in [0.2, 0.25) is 0 Å². The topological polar surface area (TPSA) is 117 Å². The molecule has 0 aliphatic carbocycles. The van der Waals surface area contributed by atoms with Crippen LogP contribution >= 0.6 is 11.6 Å². The van der Waals surface area contributed by atoms with E-state index in [4.69, 9.17) is 26.2 Å². The normalized spacial score (nSPS) is 12.2. The number of esters is 1. The number of nitrogens with zero attached hydrogens (tertiary/aromatic N) is 1. The van der Waals surface area contributed by atoms with Gasteiger partial charge in [-0.05, 0) is 83.5 Å². The Hall–Kier alpha value is -4.17. The lowest BCUT2D eigenvalue weighted by molar-refractivity contribution is 0.00640. The number of carbonyl (C=O) groups excluding carboxylic acids is 1. The summed E-state index contributed by atoms with van der Waals surface area (Å²) < 4.78 is 12.0. The maximum absolute atomic E-state index is 13.6. The fraction of sp³-hybridized carbons (Fsp3) is 0.290. The monoisotopic (exact) mass is 560 g/mol. The molecule has 208 valence electrons. The first-order chi connectivity index (χ1) is 18.8. The molecule has 40 heavy (non-hydrogen) atoms. The number of nitrogens with one attached hydrogen (secondary N) is 3. The van der Waals surface area contributed by atoms with Crippen molar-refractivity contribution in [1.29, 1.82) is 5.41 Å². The predicted octanol–water partition coefficient (Wildman–Crippen LogP) is 7.29. The highest BCUT2D eigenvalue weighted by atomic mass is 35.5. The first kappa shape index (κ1) is 28.8. The average molecular weight is 561 g/mol. The fourth-order valence-electron chi connectivity index (χ4n) is 4.56. The van der Waals surface area contributed by atoms with Crippen molar-refractivity contribution in [1.82, 2.24) is 4.98 Å². The third-order valence-electron chi connectivity index (χ3n) is 6.42. The summed E-state index contributed by atoms with van der Waals surface area (Å²) >= 11 is 6.12. The second-order valence-corrected chi connectivity index (χ2v) is 11.1. The highest BCUT2D eigenvalue weighted by molar-refractivity contribution is 6.29. The van der Waals surface area contributed by atoms with Gasteiger partial charge in [0.1, 0.15) is 22.1 Å². The van der Waals surface area contributed by atoms with Crippen LogP contribution in [0.15, 0.2) is 51.7 Å². The number of carbonyl (C=O) groups is 1. The van der Waals surface area contributed by atoms with Crippen LogP contribution in [-0.4, -0.2) is 29.8 Å². The summed E-state index contributed by atoms with van der Waals surface area (Å²) in [5.74, 6) is -0.168. The van der Waals surface area contributed by atoms with Crippen molar-refractivity contribution in [2.75, 3.05) is 17.7 Å². The van der Waals surface area contributed by atoms with Gasteiger partial charge in [-0.15, -0.1) is 0 Å². The van der Waals surface area contributed by atoms with E-state index in [1.807, 2.05) is 44.2 Å². The van der Waals surface area contributed by atoms with Gasteiger partial charge in [0.25, 0.3) is 0 Å². The van der Waals surface area contributed by atoms with Crippen molar-refractivity contribution in [2.45, 2.75) is 53.2 Å². The Bertz CT molecular complexity index is 1690. The number of benzene rings is 2. The predicted molar refractivity (Wildman–Crippen MR) is 161 cm³/mol. The molecule has 4 aromatic rings. The maximum atomic E-state index is 13.6. The highest BCUT2D eigenvalue weighted by Gasteiger charge is 2.25. The molecule has 2 aromatic heterocycles. The summed E-state index contributed by atoms with van der Waals surface area (Å²) in [6.45, 7) is 10.9. The molecular formula is C31H33ClN4O4. The molecule has 9 heteroatoms. The quantitative estimate of drug-likeness (QED) is 0.123. The largest absolute Gasteiger partial charge is 0.455 e. The Morgan fingerprint density at radius 2 is 1.82 bits per heavy atom. The van der Waals surface area contributed by atoms with Crippen molar-refractivity contribution >= 4 is 46.1 Å². The zero-order chi connectivity index (χ0) is 29.4. The molecule has 0 aliphatic heterocycles. The Balaban J connectivity index is 1.84. The van der Waals surface area contributed by atoms with E-state index < -0.39 is 17.6 Å². The fourth-order valence-corrected chi connectivity index (χ4v) is 4.71. The minimum Gasteiger partial charge on any atom is -0.455 e. The molecule has 2 heterocycles. The van der Waals surface area contributed by atoms with Crippen LogP contribution < -0.4 is 16.1 Å². The number of anilines is 2. The molecule has 1 atom stereocenters. The number of pyridine rings is 1. The standard InChI is InChI=1S/C31H33ClN4O4/c1-16-12-21(18(3)35-24-10-11-25(32)36-26(24)30(38)40-31(4,5)6)29-22(13-16)27(37)17(2)28(39-29)19-8-9-23(34-7)20(14-19)15-33/h8-15,18,33-35H,1-7H3. The first-order valence-corrected chi connectivity index (χ1v) is 13.3. The van der Waals surface area contributed by atoms with Gasteiger partial charge in [-0.25, -0.2) is 9.78 Å². The number of hydrogen-bond donors (Lipinski definition) is 3. The van der Waals surface area contributed by atoms with E-state index in [0.717, 1.165) is 16.8 Å². The third kappa shape index (κ3) is 5.87. The van der Waals surface area contributed by atoms with Gasteiger partial charge in [0.05, 0.1) is 17.1 Å². The second-order valence-electron chi connectivity index (χ2n) is 10.7. The molecule has 4 rings (SSSR count). The van der Waals surface area contributed by atoms with E-state index in [1.54, 1.807) is 46.9 Å². The van der Waals surface area contributed by atoms with E-state index in [9.17, 15) is 9.59 Å². The lowest BCUT2D eigenvalue weighted by Crippen LogP contribution is -2.25. The minimum absolute atomic E-state index is 0.0630. The first-order valence-electron chi connectivity index (χ1n) is 12.9. The summed E-state index contributed by atoms with van der Waals surface area (Å²) in [7, 11) is 1.79. The van der Waals surface area contributed by atoms with Crippen LogP contribution in [0.5, 0.6) is 0 Å². The Morgan fingerprint density at radius 3 is 2.48 bits per heavy atom. The van der Waals surface area contributed by atoms with Crippen molar-refractivity contribution < 1.29 is 13.9 Å². The van der Waals surface area contributed by atoms with Crippen molar-refractivity contribution in [3.05, 3.63) is 85.8 Å². The van der Waals surface area contributed by atoms with Gasteiger partial charge in [-0.3, -0.25) is 4.79 Å². The number of hydrogen-bond acceptors (Lipinski definition) is 8. The van der Waals surface area contributed by atoms with Gasteiger partial charge in [0.15, 0.2) is 11.1 Å². The Kier molecular flexibility index (Phi) is 8.03. The smallest absolute Gasteiger partial charge is 0.359 e. The maximum Gasteiger partial charge on any atom is 0.359 e.